The summed E-state index contributed by atoms with van der Waals surface area (Å²) in [6, 6.07) is 12.6. The van der Waals surface area contributed by atoms with Gasteiger partial charge in [0.25, 0.3) is 5.91 Å². The molecule has 2 fully saturated rings. The SMILES string of the molecule is CN1CCC[C@@H]2[C@H]1[C@@H](c1ccc(F)cc1)CN2C(=O)c1ccccn1. The molecule has 2 aliphatic heterocycles. The molecule has 4 rings (SSSR count). The lowest BCUT2D eigenvalue weighted by molar-refractivity contribution is 0.0623. The van der Waals surface area contributed by atoms with E-state index in [9.17, 15) is 9.18 Å². The lowest BCUT2D eigenvalue weighted by Crippen LogP contribution is -2.50. The monoisotopic (exact) mass is 339 g/mol. The van der Waals surface area contributed by atoms with Crippen molar-refractivity contribution >= 4 is 5.91 Å². The van der Waals surface area contributed by atoms with Gasteiger partial charge >= 0.3 is 0 Å². The van der Waals surface area contributed by atoms with E-state index in [0.29, 0.717) is 12.2 Å². The number of carbonyl (C=O) groups is 1. The number of piperidine rings is 1. The number of hydrogen-bond acceptors (Lipinski definition) is 3. The second-order valence-corrected chi connectivity index (χ2v) is 7.01. The predicted octanol–water partition coefficient (Wildman–Crippen LogP) is 2.92. The lowest BCUT2D eigenvalue weighted by Gasteiger charge is -2.39. The summed E-state index contributed by atoms with van der Waals surface area (Å²) >= 11 is 0. The number of nitrogens with zero attached hydrogens (tertiary/aromatic N) is 3. The number of carbonyl (C=O) groups excluding carboxylic acids is 1. The predicted molar refractivity (Wildman–Crippen MR) is 93.9 cm³/mol. The molecule has 130 valence electrons. The van der Waals surface area contributed by atoms with Crippen molar-refractivity contribution in [1.82, 2.24) is 14.8 Å². The van der Waals surface area contributed by atoms with E-state index in [0.717, 1.165) is 24.9 Å². The van der Waals surface area contributed by atoms with E-state index in [1.807, 2.05) is 29.2 Å². The zero-order valence-corrected chi connectivity index (χ0v) is 14.3. The maximum absolute atomic E-state index is 13.3. The molecule has 0 N–H and O–H groups in total. The number of likely N-dealkylation sites (N-methyl/N-ethyl adjacent to an activating group) is 1. The minimum atomic E-state index is -0.225. The molecule has 0 bridgehead atoms. The zero-order valence-electron chi connectivity index (χ0n) is 14.3. The van der Waals surface area contributed by atoms with E-state index in [1.165, 1.54) is 12.1 Å². The fraction of sp³-hybridized carbons (Fsp3) is 0.400. The van der Waals surface area contributed by atoms with Crippen LogP contribution in [0.3, 0.4) is 0 Å². The van der Waals surface area contributed by atoms with Crippen LogP contribution >= 0.6 is 0 Å². The van der Waals surface area contributed by atoms with Crippen molar-refractivity contribution in [3.63, 3.8) is 0 Å². The van der Waals surface area contributed by atoms with Crippen molar-refractivity contribution in [3.8, 4) is 0 Å². The van der Waals surface area contributed by atoms with E-state index in [4.69, 9.17) is 0 Å². The quantitative estimate of drug-likeness (QED) is 0.844. The van der Waals surface area contributed by atoms with E-state index >= 15 is 0 Å². The van der Waals surface area contributed by atoms with E-state index in [1.54, 1.807) is 12.3 Å². The van der Waals surface area contributed by atoms with Gasteiger partial charge in [0.15, 0.2) is 0 Å². The van der Waals surface area contributed by atoms with Crippen LogP contribution in [0.4, 0.5) is 4.39 Å². The Hall–Kier alpha value is -2.27. The summed E-state index contributed by atoms with van der Waals surface area (Å²) in [4.78, 5) is 21.6. The van der Waals surface area contributed by atoms with Gasteiger partial charge in [-0.3, -0.25) is 9.78 Å². The highest BCUT2D eigenvalue weighted by molar-refractivity contribution is 5.92. The maximum atomic E-state index is 13.3. The van der Waals surface area contributed by atoms with Crippen LogP contribution in [0.15, 0.2) is 48.7 Å². The number of hydrogen-bond donors (Lipinski definition) is 0. The van der Waals surface area contributed by atoms with E-state index < -0.39 is 0 Å². The molecule has 2 aliphatic rings. The van der Waals surface area contributed by atoms with Crippen LogP contribution in [0.5, 0.6) is 0 Å². The minimum Gasteiger partial charge on any atom is -0.332 e. The van der Waals surface area contributed by atoms with Crippen LogP contribution < -0.4 is 0 Å². The van der Waals surface area contributed by atoms with Crippen molar-refractivity contribution in [2.24, 2.45) is 0 Å². The Labute approximate surface area is 147 Å². The first-order valence-electron chi connectivity index (χ1n) is 8.83. The van der Waals surface area contributed by atoms with Crippen molar-refractivity contribution in [3.05, 3.63) is 65.7 Å². The Morgan fingerprint density at radius 3 is 2.72 bits per heavy atom. The number of rotatable bonds is 2. The molecule has 1 amide bonds. The number of pyridine rings is 1. The molecule has 2 saturated heterocycles. The largest absolute Gasteiger partial charge is 0.332 e. The number of aromatic nitrogens is 1. The Morgan fingerprint density at radius 1 is 1.20 bits per heavy atom. The highest BCUT2D eigenvalue weighted by atomic mass is 19.1. The number of fused-ring (bicyclic) bond motifs is 1. The molecule has 1 aromatic heterocycles. The molecule has 25 heavy (non-hydrogen) atoms. The van der Waals surface area contributed by atoms with E-state index in [2.05, 4.69) is 16.9 Å². The summed E-state index contributed by atoms with van der Waals surface area (Å²) in [6.07, 6.45) is 3.75. The molecular formula is C20H22FN3O. The number of halogens is 1. The first-order valence-corrected chi connectivity index (χ1v) is 8.83. The van der Waals surface area contributed by atoms with Gasteiger partial charge in [-0.15, -0.1) is 0 Å². The first kappa shape index (κ1) is 16.2. The van der Waals surface area contributed by atoms with Crippen molar-refractivity contribution < 1.29 is 9.18 Å². The van der Waals surface area contributed by atoms with Crippen molar-refractivity contribution in [1.29, 1.82) is 0 Å². The van der Waals surface area contributed by atoms with Crippen LogP contribution in [0.2, 0.25) is 0 Å². The van der Waals surface area contributed by atoms with Crippen LogP contribution in [0, 0.1) is 5.82 Å². The summed E-state index contributed by atoms with van der Waals surface area (Å²) < 4.78 is 13.3. The van der Waals surface area contributed by atoms with Crippen LogP contribution in [0.25, 0.3) is 0 Å². The lowest BCUT2D eigenvalue weighted by atomic mass is 9.86. The molecule has 0 aliphatic carbocycles. The fourth-order valence-electron chi connectivity index (χ4n) is 4.42. The summed E-state index contributed by atoms with van der Waals surface area (Å²) in [5.74, 6) is -0.0317. The van der Waals surface area contributed by atoms with Crippen LogP contribution in [-0.4, -0.2) is 52.9 Å². The van der Waals surface area contributed by atoms with Gasteiger partial charge < -0.3 is 9.80 Å². The smallest absolute Gasteiger partial charge is 0.272 e. The number of amides is 1. The molecule has 0 spiro atoms. The van der Waals surface area contributed by atoms with Gasteiger partial charge in [0.05, 0.1) is 0 Å². The average Bonchev–Trinajstić information content (AvgIpc) is 3.03. The third-order valence-electron chi connectivity index (χ3n) is 5.56. The molecular weight excluding hydrogens is 317 g/mol. The third kappa shape index (κ3) is 2.93. The van der Waals surface area contributed by atoms with Crippen molar-refractivity contribution in [2.75, 3.05) is 20.1 Å². The molecule has 2 aromatic rings. The Kier molecular flexibility index (Phi) is 4.25. The topological polar surface area (TPSA) is 36.4 Å². The minimum absolute atomic E-state index is 0.00416. The van der Waals surface area contributed by atoms with Gasteiger partial charge in [-0.25, -0.2) is 4.39 Å². The van der Waals surface area contributed by atoms with Gasteiger partial charge in [0, 0.05) is 30.7 Å². The van der Waals surface area contributed by atoms with Crippen LogP contribution in [-0.2, 0) is 0 Å². The normalized spacial score (nSPS) is 26.5. The molecule has 5 heteroatoms. The summed E-state index contributed by atoms with van der Waals surface area (Å²) in [5, 5.41) is 0. The van der Waals surface area contributed by atoms with Gasteiger partial charge in [-0.1, -0.05) is 18.2 Å². The first-order chi connectivity index (χ1) is 12.1. The fourth-order valence-corrected chi connectivity index (χ4v) is 4.42. The zero-order chi connectivity index (χ0) is 17.4. The molecule has 0 unspecified atom stereocenters. The molecule has 0 saturated carbocycles. The van der Waals surface area contributed by atoms with Gasteiger partial charge in [-0.2, -0.15) is 0 Å². The second kappa shape index (κ2) is 6.56. The Bertz CT molecular complexity index is 749. The Morgan fingerprint density at radius 2 is 2.00 bits per heavy atom. The standard InChI is InChI=1S/C20H22FN3O/c1-23-12-4-6-18-19(23)16(14-7-9-15(21)10-8-14)13-24(18)20(25)17-5-2-3-11-22-17/h2-3,5,7-11,16,18-19H,4,6,12-13H2,1H3/t16-,18-,19-/m1/s1. The van der Waals surface area contributed by atoms with E-state index in [-0.39, 0.29) is 29.7 Å². The third-order valence-corrected chi connectivity index (χ3v) is 5.56. The molecule has 0 radical (unpaired) electrons. The average molecular weight is 339 g/mol. The highest BCUT2D eigenvalue weighted by Gasteiger charge is 2.47. The van der Waals surface area contributed by atoms with Crippen LogP contribution in [0.1, 0.15) is 34.8 Å². The van der Waals surface area contributed by atoms with Gasteiger partial charge in [-0.05, 0) is 56.3 Å². The molecule has 3 atom stereocenters. The maximum Gasteiger partial charge on any atom is 0.272 e. The number of likely N-dealkylation sites (tertiary alicyclic amines) is 2. The number of benzene rings is 1. The van der Waals surface area contributed by atoms with Gasteiger partial charge in [0.2, 0.25) is 0 Å². The molecule has 3 heterocycles. The summed E-state index contributed by atoms with van der Waals surface area (Å²) in [7, 11) is 2.13. The highest BCUT2D eigenvalue weighted by Crippen LogP contribution is 2.40. The second-order valence-electron chi connectivity index (χ2n) is 7.01. The summed E-state index contributed by atoms with van der Waals surface area (Å²) in [5.41, 5.74) is 1.59. The Balaban J connectivity index is 1.67. The van der Waals surface area contributed by atoms with Crippen molar-refractivity contribution in [2.45, 2.75) is 30.8 Å². The molecule has 4 nitrogen and oxygen atoms in total. The summed E-state index contributed by atoms with van der Waals surface area (Å²) in [6.45, 7) is 1.69. The van der Waals surface area contributed by atoms with Gasteiger partial charge in [0.1, 0.15) is 11.5 Å². The molecule has 1 aromatic carbocycles.